The second kappa shape index (κ2) is 5.98. The Balaban J connectivity index is 2.11. The minimum absolute atomic E-state index is 0.0175. The molecule has 5 nitrogen and oxygen atoms in total. The van der Waals surface area contributed by atoms with Crippen LogP contribution in [0.1, 0.15) is 26.4 Å². The maximum absolute atomic E-state index is 13.5. The molecule has 1 aliphatic rings. The molecule has 0 radical (unpaired) electrons. The maximum Gasteiger partial charge on any atom is 0.337 e. The van der Waals surface area contributed by atoms with E-state index in [1.54, 1.807) is 6.08 Å². The molecule has 0 amide bonds. The number of carboxylic acids is 1. The van der Waals surface area contributed by atoms with Gasteiger partial charge in [0, 0.05) is 18.0 Å². The second-order valence-electron chi connectivity index (χ2n) is 5.09. The predicted molar refractivity (Wildman–Crippen MR) is 86.2 cm³/mol. The summed E-state index contributed by atoms with van der Waals surface area (Å²) in [7, 11) is 0. The summed E-state index contributed by atoms with van der Waals surface area (Å²) in [6.07, 6.45) is 5.65. The highest BCUT2D eigenvalue weighted by molar-refractivity contribution is 6.34. The molecule has 120 valence electrons. The summed E-state index contributed by atoms with van der Waals surface area (Å²) in [6.45, 7) is 0. The Morgan fingerprint density at radius 3 is 2.58 bits per heavy atom. The van der Waals surface area contributed by atoms with E-state index in [2.05, 4.69) is 9.98 Å². The summed E-state index contributed by atoms with van der Waals surface area (Å²) in [5.41, 5.74) is -1.31. The number of pyridine rings is 1. The number of carbonyl (C=O) groups excluding carboxylic acids is 1. The average molecular weight is 345 g/mol. The molecule has 0 saturated carbocycles. The number of nitrogens with zero attached hydrogens (tertiary/aromatic N) is 2. The molecule has 0 fully saturated rings. The van der Waals surface area contributed by atoms with Gasteiger partial charge >= 0.3 is 5.97 Å². The molecule has 0 spiro atoms. The number of aliphatic imine (C=N–C) groups is 1. The fraction of sp³-hybridized carbons (Fsp3) is 0.0588. The first-order valence-electron chi connectivity index (χ1n) is 6.87. The third kappa shape index (κ3) is 2.61. The van der Waals surface area contributed by atoms with Crippen LogP contribution in [0.15, 0.2) is 53.7 Å². The zero-order valence-electron chi connectivity index (χ0n) is 12.1. The number of ketones is 1. The number of hydrogen-bond acceptors (Lipinski definition) is 4. The number of rotatable bonds is 4. The molecular formula is C17H10ClFN2O3. The minimum atomic E-state index is -1.49. The Morgan fingerprint density at radius 1 is 1.21 bits per heavy atom. The third-order valence-electron chi connectivity index (χ3n) is 3.62. The molecule has 7 heteroatoms. The topological polar surface area (TPSA) is 79.6 Å². The number of Topliss-reactive ketones (excluding diaryl/α,β-unsaturated/α-hetero) is 1. The number of carbonyl (C=O) groups is 2. The Kier molecular flexibility index (Phi) is 3.99. The van der Waals surface area contributed by atoms with Gasteiger partial charge in [0.1, 0.15) is 5.82 Å². The molecule has 3 rings (SSSR count). The van der Waals surface area contributed by atoms with Gasteiger partial charge in [-0.1, -0.05) is 11.6 Å². The van der Waals surface area contributed by atoms with E-state index >= 15 is 0 Å². The zero-order valence-corrected chi connectivity index (χ0v) is 12.9. The largest absolute Gasteiger partial charge is 0.478 e. The molecule has 0 aliphatic carbocycles. The van der Waals surface area contributed by atoms with Gasteiger partial charge in [-0.15, -0.1) is 0 Å². The summed E-state index contributed by atoms with van der Waals surface area (Å²) < 4.78 is 13.5. The summed E-state index contributed by atoms with van der Waals surface area (Å²) in [5, 5.41) is 9.05. The minimum Gasteiger partial charge on any atom is -0.478 e. The highest BCUT2D eigenvalue weighted by Crippen LogP contribution is 2.35. The first-order valence-corrected chi connectivity index (χ1v) is 7.24. The van der Waals surface area contributed by atoms with E-state index in [0.29, 0.717) is 0 Å². The van der Waals surface area contributed by atoms with Crippen LogP contribution < -0.4 is 0 Å². The van der Waals surface area contributed by atoms with Crippen molar-refractivity contribution < 1.29 is 19.1 Å². The highest BCUT2D eigenvalue weighted by atomic mass is 35.5. The zero-order chi connectivity index (χ0) is 17.3. The van der Waals surface area contributed by atoms with Crippen LogP contribution in [-0.2, 0) is 5.54 Å². The van der Waals surface area contributed by atoms with Gasteiger partial charge in [-0.25, -0.2) is 9.18 Å². The van der Waals surface area contributed by atoms with Gasteiger partial charge in [0.25, 0.3) is 0 Å². The number of aromatic carboxylic acids is 1. The predicted octanol–water partition coefficient (Wildman–Crippen LogP) is 3.29. The standard InChI is InChI=1S/C17H10ClFN2O3/c18-13-4-3-11(19)8-12(13)15(22)17(6-1-7-21-17)14-5-2-10(9-20-14)16(23)24/h1-9H,(H,23,24). The van der Waals surface area contributed by atoms with Crippen molar-refractivity contribution in [3.05, 3.63) is 76.3 Å². The van der Waals surface area contributed by atoms with E-state index in [1.807, 2.05) is 0 Å². The van der Waals surface area contributed by atoms with Crippen LogP contribution in [0, 0.1) is 5.82 Å². The van der Waals surface area contributed by atoms with Crippen molar-refractivity contribution in [1.82, 2.24) is 4.98 Å². The van der Waals surface area contributed by atoms with E-state index in [0.717, 1.165) is 18.3 Å². The van der Waals surface area contributed by atoms with Gasteiger partial charge in [0.2, 0.25) is 5.78 Å². The Bertz CT molecular complexity index is 879. The van der Waals surface area contributed by atoms with Crippen LogP contribution in [0.25, 0.3) is 0 Å². The van der Waals surface area contributed by atoms with Crippen LogP contribution >= 0.6 is 11.6 Å². The Morgan fingerprint density at radius 2 is 2.00 bits per heavy atom. The summed E-state index contributed by atoms with van der Waals surface area (Å²) in [4.78, 5) is 32.2. The fourth-order valence-electron chi connectivity index (χ4n) is 2.41. The molecule has 24 heavy (non-hydrogen) atoms. The molecule has 2 aromatic rings. The summed E-state index contributed by atoms with van der Waals surface area (Å²) in [5.74, 6) is -2.28. The van der Waals surface area contributed by atoms with Crippen LogP contribution in [0.4, 0.5) is 4.39 Å². The van der Waals surface area contributed by atoms with Crippen molar-refractivity contribution in [2.75, 3.05) is 0 Å². The molecule has 2 heterocycles. The van der Waals surface area contributed by atoms with E-state index in [1.165, 1.54) is 30.5 Å². The van der Waals surface area contributed by atoms with Gasteiger partial charge in [0.15, 0.2) is 5.54 Å². The second-order valence-corrected chi connectivity index (χ2v) is 5.50. The van der Waals surface area contributed by atoms with E-state index in [4.69, 9.17) is 16.7 Å². The number of aromatic nitrogens is 1. The fourth-order valence-corrected chi connectivity index (χ4v) is 2.61. The Labute approximate surface area is 141 Å². The van der Waals surface area contributed by atoms with Crippen molar-refractivity contribution >= 4 is 29.6 Å². The third-order valence-corrected chi connectivity index (χ3v) is 3.95. The summed E-state index contributed by atoms with van der Waals surface area (Å²) in [6, 6.07) is 6.22. The average Bonchev–Trinajstić information content (AvgIpc) is 3.07. The number of hydrogen-bond donors (Lipinski definition) is 1. The Hall–Kier alpha value is -2.86. The van der Waals surface area contributed by atoms with Gasteiger partial charge in [-0.3, -0.25) is 14.8 Å². The lowest BCUT2D eigenvalue weighted by atomic mass is 9.86. The van der Waals surface area contributed by atoms with Crippen LogP contribution in [0.2, 0.25) is 5.02 Å². The first-order chi connectivity index (χ1) is 11.4. The van der Waals surface area contributed by atoms with E-state index in [-0.39, 0.29) is 21.8 Å². The molecule has 0 saturated heterocycles. The SMILES string of the molecule is O=C(O)c1ccc(C2(C(=O)c3cc(F)ccc3Cl)C=CC=N2)nc1. The van der Waals surface area contributed by atoms with Crippen molar-refractivity contribution in [3.63, 3.8) is 0 Å². The van der Waals surface area contributed by atoms with Gasteiger partial charge in [0.05, 0.1) is 16.3 Å². The quantitative estimate of drug-likeness (QED) is 0.863. The number of benzene rings is 1. The first kappa shape index (κ1) is 16.0. The molecule has 1 aromatic carbocycles. The van der Waals surface area contributed by atoms with Crippen LogP contribution in [-0.4, -0.2) is 28.1 Å². The molecule has 1 aromatic heterocycles. The van der Waals surface area contributed by atoms with Crippen molar-refractivity contribution in [2.45, 2.75) is 5.54 Å². The smallest absolute Gasteiger partial charge is 0.337 e. The molecule has 1 aliphatic heterocycles. The van der Waals surface area contributed by atoms with Crippen molar-refractivity contribution in [3.8, 4) is 0 Å². The summed E-state index contributed by atoms with van der Waals surface area (Å²) >= 11 is 6.02. The van der Waals surface area contributed by atoms with E-state index in [9.17, 15) is 14.0 Å². The monoisotopic (exact) mass is 344 g/mol. The molecular weight excluding hydrogens is 335 g/mol. The lowest BCUT2D eigenvalue weighted by Gasteiger charge is -2.23. The maximum atomic E-state index is 13.5. The highest BCUT2D eigenvalue weighted by Gasteiger charge is 2.41. The van der Waals surface area contributed by atoms with Gasteiger partial charge < -0.3 is 5.11 Å². The number of allylic oxidation sites excluding steroid dienone is 1. The van der Waals surface area contributed by atoms with Gasteiger partial charge in [-0.2, -0.15) is 0 Å². The lowest BCUT2D eigenvalue weighted by Crippen LogP contribution is -2.32. The van der Waals surface area contributed by atoms with Gasteiger partial charge in [-0.05, 0) is 42.5 Å². The van der Waals surface area contributed by atoms with Crippen LogP contribution in [0.3, 0.4) is 0 Å². The molecule has 0 bridgehead atoms. The van der Waals surface area contributed by atoms with Crippen LogP contribution in [0.5, 0.6) is 0 Å². The molecule has 1 N–H and O–H groups in total. The van der Waals surface area contributed by atoms with E-state index < -0.39 is 23.1 Å². The van der Waals surface area contributed by atoms with Crippen molar-refractivity contribution in [2.24, 2.45) is 4.99 Å². The molecule has 1 unspecified atom stereocenters. The molecule has 1 atom stereocenters. The number of halogens is 2. The number of carboxylic acid groups (broad SMARTS) is 1. The van der Waals surface area contributed by atoms with Crippen molar-refractivity contribution in [1.29, 1.82) is 0 Å². The lowest BCUT2D eigenvalue weighted by molar-refractivity contribution is 0.0696. The normalized spacial score (nSPS) is 18.8.